The van der Waals surface area contributed by atoms with Crippen molar-refractivity contribution in [3.63, 3.8) is 0 Å². The molecule has 27 heavy (non-hydrogen) atoms. The Kier molecular flexibility index (Phi) is 6.80. The average molecular weight is 411 g/mol. The van der Waals surface area contributed by atoms with Crippen LogP contribution in [-0.2, 0) is 10.0 Å². The van der Waals surface area contributed by atoms with Crippen LogP contribution in [0.5, 0.6) is 0 Å². The molecule has 0 saturated heterocycles. The van der Waals surface area contributed by atoms with E-state index in [9.17, 15) is 13.2 Å². The number of amides is 1. The molecule has 0 unspecified atom stereocenters. The van der Waals surface area contributed by atoms with Crippen molar-refractivity contribution in [3.05, 3.63) is 47.1 Å². The molecule has 1 heterocycles. The lowest BCUT2D eigenvalue weighted by Crippen LogP contribution is -2.30. The number of carbonyl (C=O) groups excluding carboxylic acids is 1. The zero-order valence-corrected chi connectivity index (χ0v) is 17.3. The topological polar surface area (TPSA) is 82.6 Å². The van der Waals surface area contributed by atoms with E-state index in [0.29, 0.717) is 24.3 Å². The van der Waals surface area contributed by atoms with E-state index in [4.69, 9.17) is 11.6 Å². The number of pyridine rings is 1. The first kappa shape index (κ1) is 21.1. The molecule has 0 radical (unpaired) electrons. The molecule has 1 aromatic carbocycles. The Morgan fingerprint density at radius 2 is 1.81 bits per heavy atom. The Balaban J connectivity index is 2.29. The van der Waals surface area contributed by atoms with E-state index in [1.54, 1.807) is 32.0 Å². The van der Waals surface area contributed by atoms with Crippen LogP contribution in [-0.4, -0.2) is 50.8 Å². The summed E-state index contributed by atoms with van der Waals surface area (Å²) in [5, 5.41) is 2.80. The lowest BCUT2D eigenvalue weighted by molar-refractivity contribution is 0.102. The number of rotatable bonds is 7. The summed E-state index contributed by atoms with van der Waals surface area (Å²) in [4.78, 5) is 18.4. The minimum atomic E-state index is -3.74. The van der Waals surface area contributed by atoms with Crippen LogP contribution in [0.15, 0.2) is 41.4 Å². The molecule has 1 amide bonds. The van der Waals surface area contributed by atoms with Gasteiger partial charge in [0.1, 0.15) is 10.7 Å². The van der Waals surface area contributed by atoms with Crippen LogP contribution in [0.4, 0.5) is 11.5 Å². The van der Waals surface area contributed by atoms with Gasteiger partial charge in [-0.1, -0.05) is 25.4 Å². The first-order valence-electron chi connectivity index (χ1n) is 8.45. The van der Waals surface area contributed by atoms with Crippen molar-refractivity contribution in [2.24, 2.45) is 0 Å². The van der Waals surface area contributed by atoms with Crippen molar-refractivity contribution in [2.45, 2.75) is 18.7 Å². The quantitative estimate of drug-likeness (QED) is 0.758. The van der Waals surface area contributed by atoms with Crippen LogP contribution in [0.1, 0.15) is 24.2 Å². The first-order chi connectivity index (χ1) is 12.7. The highest BCUT2D eigenvalue weighted by atomic mass is 35.5. The molecule has 0 atom stereocenters. The standard InChI is InChI=1S/C18H23ClN4O3S/c1-5-23(6-2)27(25,26)16-11-14(8-9-15(16)19)21-18(24)13-7-10-17(20-12-13)22(3)4/h7-12H,5-6H2,1-4H3,(H,21,24). The average Bonchev–Trinajstić information content (AvgIpc) is 2.64. The number of benzene rings is 1. The summed E-state index contributed by atoms with van der Waals surface area (Å²) in [5.41, 5.74) is 0.704. The number of hydrogen-bond acceptors (Lipinski definition) is 5. The smallest absolute Gasteiger partial charge is 0.257 e. The summed E-state index contributed by atoms with van der Waals surface area (Å²) < 4.78 is 26.8. The Morgan fingerprint density at radius 1 is 1.15 bits per heavy atom. The highest BCUT2D eigenvalue weighted by Crippen LogP contribution is 2.28. The maximum Gasteiger partial charge on any atom is 0.257 e. The Morgan fingerprint density at radius 3 is 2.33 bits per heavy atom. The molecule has 0 aliphatic rings. The highest BCUT2D eigenvalue weighted by molar-refractivity contribution is 7.89. The van der Waals surface area contributed by atoms with Crippen LogP contribution in [0.2, 0.25) is 5.02 Å². The third kappa shape index (κ3) is 4.77. The van der Waals surface area contributed by atoms with Crippen molar-refractivity contribution in [1.29, 1.82) is 0 Å². The molecule has 2 rings (SSSR count). The molecular formula is C18H23ClN4O3S. The molecule has 146 valence electrons. The number of hydrogen-bond donors (Lipinski definition) is 1. The molecule has 0 fully saturated rings. The number of anilines is 2. The molecule has 7 nitrogen and oxygen atoms in total. The largest absolute Gasteiger partial charge is 0.363 e. The second-order valence-corrected chi connectivity index (χ2v) is 8.30. The number of sulfonamides is 1. The Bertz CT molecular complexity index is 911. The van der Waals surface area contributed by atoms with Gasteiger partial charge in [0.15, 0.2) is 0 Å². The lowest BCUT2D eigenvalue weighted by atomic mass is 10.2. The fourth-order valence-electron chi connectivity index (χ4n) is 2.47. The van der Waals surface area contributed by atoms with Crippen LogP contribution in [0.25, 0.3) is 0 Å². The Labute approximate surface area is 165 Å². The van der Waals surface area contributed by atoms with Gasteiger partial charge in [-0.3, -0.25) is 4.79 Å². The maximum absolute atomic E-state index is 12.7. The molecule has 0 bridgehead atoms. The minimum Gasteiger partial charge on any atom is -0.363 e. The number of halogens is 1. The molecule has 1 aromatic heterocycles. The van der Waals surface area contributed by atoms with Crippen molar-refractivity contribution in [2.75, 3.05) is 37.4 Å². The third-order valence-corrected chi connectivity index (χ3v) is 6.51. The number of aromatic nitrogens is 1. The predicted molar refractivity (Wildman–Crippen MR) is 108 cm³/mol. The van der Waals surface area contributed by atoms with Gasteiger partial charge in [-0.2, -0.15) is 4.31 Å². The van der Waals surface area contributed by atoms with Crippen LogP contribution < -0.4 is 10.2 Å². The summed E-state index contributed by atoms with van der Waals surface area (Å²) in [7, 11) is -0.0281. The van der Waals surface area contributed by atoms with Crippen molar-refractivity contribution < 1.29 is 13.2 Å². The fraction of sp³-hybridized carbons (Fsp3) is 0.333. The Hall–Kier alpha value is -2.16. The van der Waals surface area contributed by atoms with Gasteiger partial charge in [0, 0.05) is 39.1 Å². The summed E-state index contributed by atoms with van der Waals surface area (Å²) in [6, 6.07) is 7.77. The molecule has 0 spiro atoms. The second-order valence-electron chi connectivity index (χ2n) is 5.99. The van der Waals surface area contributed by atoms with Gasteiger partial charge in [0.05, 0.1) is 10.6 Å². The minimum absolute atomic E-state index is 0.0354. The van der Waals surface area contributed by atoms with Gasteiger partial charge >= 0.3 is 0 Å². The number of nitrogens with one attached hydrogen (secondary N) is 1. The molecule has 0 aliphatic carbocycles. The van der Waals surface area contributed by atoms with E-state index in [2.05, 4.69) is 10.3 Å². The van der Waals surface area contributed by atoms with Gasteiger partial charge in [-0.25, -0.2) is 13.4 Å². The maximum atomic E-state index is 12.7. The van der Waals surface area contributed by atoms with Gasteiger partial charge in [0.2, 0.25) is 10.0 Å². The lowest BCUT2D eigenvalue weighted by Gasteiger charge is -2.19. The number of carbonyl (C=O) groups is 1. The SMILES string of the molecule is CCN(CC)S(=O)(=O)c1cc(NC(=O)c2ccc(N(C)C)nc2)ccc1Cl. The van der Waals surface area contributed by atoms with E-state index in [0.717, 1.165) is 5.82 Å². The highest BCUT2D eigenvalue weighted by Gasteiger charge is 2.25. The van der Waals surface area contributed by atoms with E-state index >= 15 is 0 Å². The van der Waals surface area contributed by atoms with E-state index in [-0.39, 0.29) is 15.8 Å². The predicted octanol–water partition coefficient (Wildman–Crippen LogP) is 3.08. The van der Waals surface area contributed by atoms with E-state index < -0.39 is 10.0 Å². The van der Waals surface area contributed by atoms with Crippen LogP contribution >= 0.6 is 11.6 Å². The summed E-state index contributed by atoms with van der Waals surface area (Å²) in [5.74, 6) is 0.340. The molecular weight excluding hydrogens is 388 g/mol. The van der Waals surface area contributed by atoms with Crippen molar-refractivity contribution in [3.8, 4) is 0 Å². The van der Waals surface area contributed by atoms with Gasteiger partial charge in [-0.15, -0.1) is 0 Å². The fourth-order valence-corrected chi connectivity index (χ4v) is 4.43. The van der Waals surface area contributed by atoms with E-state index in [1.807, 2.05) is 19.0 Å². The van der Waals surface area contributed by atoms with Gasteiger partial charge in [-0.05, 0) is 30.3 Å². The van der Waals surface area contributed by atoms with Gasteiger partial charge < -0.3 is 10.2 Å². The normalized spacial score (nSPS) is 11.5. The van der Waals surface area contributed by atoms with Crippen molar-refractivity contribution in [1.82, 2.24) is 9.29 Å². The third-order valence-electron chi connectivity index (χ3n) is 3.98. The summed E-state index contributed by atoms with van der Waals surface area (Å²) in [6.07, 6.45) is 1.47. The zero-order chi connectivity index (χ0) is 20.2. The molecule has 0 saturated carbocycles. The summed E-state index contributed by atoms with van der Waals surface area (Å²) in [6.45, 7) is 4.17. The molecule has 0 aliphatic heterocycles. The molecule has 9 heteroatoms. The number of nitrogens with zero attached hydrogens (tertiary/aromatic N) is 3. The van der Waals surface area contributed by atoms with Crippen LogP contribution in [0, 0.1) is 0 Å². The monoisotopic (exact) mass is 410 g/mol. The summed E-state index contributed by atoms with van der Waals surface area (Å²) >= 11 is 6.11. The molecule has 1 N–H and O–H groups in total. The van der Waals surface area contributed by atoms with Crippen molar-refractivity contribution >= 4 is 39.0 Å². The van der Waals surface area contributed by atoms with Crippen LogP contribution in [0.3, 0.4) is 0 Å². The first-order valence-corrected chi connectivity index (χ1v) is 10.3. The van der Waals surface area contributed by atoms with Gasteiger partial charge in [0.25, 0.3) is 5.91 Å². The second kappa shape index (κ2) is 8.69. The van der Waals surface area contributed by atoms with E-state index in [1.165, 1.54) is 22.6 Å². The molecule has 2 aromatic rings. The zero-order valence-electron chi connectivity index (χ0n) is 15.7.